The molecular formula is C11H6Br3FS. The van der Waals surface area contributed by atoms with Gasteiger partial charge in [-0.3, -0.25) is 0 Å². The van der Waals surface area contributed by atoms with Crippen LogP contribution in [0, 0.1) is 5.82 Å². The third kappa shape index (κ3) is 2.58. The van der Waals surface area contributed by atoms with Gasteiger partial charge in [0.05, 0.1) is 13.1 Å². The van der Waals surface area contributed by atoms with Gasteiger partial charge in [-0.1, -0.05) is 28.1 Å². The fourth-order valence-electron chi connectivity index (χ4n) is 1.33. The molecule has 0 saturated carbocycles. The molecule has 0 aliphatic carbocycles. The molecule has 0 spiro atoms. The zero-order chi connectivity index (χ0) is 11.7. The molecule has 0 nitrogen and oxygen atoms in total. The van der Waals surface area contributed by atoms with Crippen molar-refractivity contribution in [2.75, 3.05) is 0 Å². The highest BCUT2D eigenvalue weighted by Crippen LogP contribution is 2.40. The Kier molecular flexibility index (Phi) is 4.21. The first kappa shape index (κ1) is 12.7. The van der Waals surface area contributed by atoms with Crippen LogP contribution in [-0.4, -0.2) is 0 Å². The fraction of sp³-hybridized carbons (Fsp3) is 0.0909. The smallest absolute Gasteiger partial charge is 0.137 e. The number of hydrogen-bond donors (Lipinski definition) is 0. The number of rotatable bonds is 2. The lowest BCUT2D eigenvalue weighted by Gasteiger charge is -2.10. The first-order valence-corrected chi connectivity index (χ1v) is 7.74. The summed E-state index contributed by atoms with van der Waals surface area (Å²) in [6.07, 6.45) is 0. The maximum absolute atomic E-state index is 13.4. The molecule has 2 aromatic rings. The number of hydrogen-bond acceptors (Lipinski definition) is 1. The SMILES string of the molecule is Fc1cccc(C(Br)c2ccc(Br)s2)c1Br. The Bertz CT molecular complexity index is 510. The largest absolute Gasteiger partial charge is 0.206 e. The molecule has 1 unspecified atom stereocenters. The molecule has 16 heavy (non-hydrogen) atoms. The van der Waals surface area contributed by atoms with Gasteiger partial charge in [0, 0.05) is 4.88 Å². The van der Waals surface area contributed by atoms with Crippen LogP contribution in [0.15, 0.2) is 38.6 Å². The fourth-order valence-corrected chi connectivity index (χ4v) is 4.37. The van der Waals surface area contributed by atoms with E-state index in [1.54, 1.807) is 17.4 Å². The van der Waals surface area contributed by atoms with E-state index >= 15 is 0 Å². The summed E-state index contributed by atoms with van der Waals surface area (Å²) in [5.74, 6) is -0.238. The van der Waals surface area contributed by atoms with Gasteiger partial charge in [-0.15, -0.1) is 11.3 Å². The summed E-state index contributed by atoms with van der Waals surface area (Å²) in [6.45, 7) is 0. The number of thiophene rings is 1. The third-order valence-electron chi connectivity index (χ3n) is 2.10. The average Bonchev–Trinajstić information content (AvgIpc) is 2.68. The molecule has 0 N–H and O–H groups in total. The number of benzene rings is 1. The van der Waals surface area contributed by atoms with E-state index in [1.165, 1.54) is 6.07 Å². The van der Waals surface area contributed by atoms with Crippen molar-refractivity contribution in [3.05, 3.63) is 54.8 Å². The third-order valence-corrected chi connectivity index (χ3v) is 5.91. The number of alkyl halides is 1. The molecule has 1 aromatic carbocycles. The van der Waals surface area contributed by atoms with Crippen LogP contribution in [-0.2, 0) is 0 Å². The minimum Gasteiger partial charge on any atom is -0.206 e. The van der Waals surface area contributed by atoms with E-state index in [9.17, 15) is 4.39 Å². The Hall–Kier alpha value is 0.290. The normalized spacial score (nSPS) is 12.8. The van der Waals surface area contributed by atoms with Crippen molar-refractivity contribution >= 4 is 59.1 Å². The van der Waals surface area contributed by atoms with Crippen molar-refractivity contribution in [1.29, 1.82) is 0 Å². The van der Waals surface area contributed by atoms with Gasteiger partial charge in [0.15, 0.2) is 0 Å². The molecule has 1 aromatic heterocycles. The summed E-state index contributed by atoms with van der Waals surface area (Å²) in [5.41, 5.74) is 0.898. The zero-order valence-electron chi connectivity index (χ0n) is 7.88. The zero-order valence-corrected chi connectivity index (χ0v) is 13.5. The summed E-state index contributed by atoms with van der Waals surface area (Å²) in [6, 6.07) is 9.07. The Labute approximate surface area is 122 Å². The monoisotopic (exact) mass is 426 g/mol. The van der Waals surface area contributed by atoms with Crippen LogP contribution in [0.3, 0.4) is 0 Å². The van der Waals surface area contributed by atoms with Crippen LogP contribution in [0.4, 0.5) is 4.39 Å². The molecular weight excluding hydrogens is 423 g/mol. The van der Waals surface area contributed by atoms with E-state index in [0.717, 1.165) is 14.2 Å². The van der Waals surface area contributed by atoms with Crippen molar-refractivity contribution in [1.82, 2.24) is 0 Å². The number of halogens is 4. The van der Waals surface area contributed by atoms with E-state index in [1.807, 2.05) is 18.2 Å². The van der Waals surface area contributed by atoms with Crippen molar-refractivity contribution in [2.45, 2.75) is 4.83 Å². The lowest BCUT2D eigenvalue weighted by Crippen LogP contribution is -1.93. The lowest BCUT2D eigenvalue weighted by atomic mass is 10.1. The van der Waals surface area contributed by atoms with Gasteiger partial charge in [0.2, 0.25) is 0 Å². The predicted molar refractivity (Wildman–Crippen MR) is 76.9 cm³/mol. The standard InChI is InChI=1S/C11H6Br3FS/c12-9-5-4-8(16-9)11(14)6-2-1-3-7(15)10(6)13/h1-5,11H. The maximum Gasteiger partial charge on any atom is 0.137 e. The van der Waals surface area contributed by atoms with Crippen LogP contribution >= 0.6 is 59.1 Å². The van der Waals surface area contributed by atoms with Gasteiger partial charge in [0.1, 0.15) is 5.82 Å². The predicted octanol–water partition coefficient (Wildman–Crippen LogP) is 5.90. The van der Waals surface area contributed by atoms with Gasteiger partial charge in [-0.25, -0.2) is 4.39 Å². The van der Waals surface area contributed by atoms with Gasteiger partial charge in [-0.2, -0.15) is 0 Å². The van der Waals surface area contributed by atoms with E-state index in [2.05, 4.69) is 47.8 Å². The molecule has 84 valence electrons. The first-order chi connectivity index (χ1) is 7.59. The van der Waals surface area contributed by atoms with Gasteiger partial charge < -0.3 is 0 Å². The van der Waals surface area contributed by atoms with E-state index in [4.69, 9.17) is 0 Å². The second kappa shape index (κ2) is 5.29. The topological polar surface area (TPSA) is 0 Å². The molecule has 1 heterocycles. The van der Waals surface area contributed by atoms with Crippen LogP contribution in [0.2, 0.25) is 0 Å². The van der Waals surface area contributed by atoms with Crippen molar-refractivity contribution in [3.8, 4) is 0 Å². The molecule has 0 saturated heterocycles. The van der Waals surface area contributed by atoms with E-state index < -0.39 is 0 Å². The molecule has 0 fully saturated rings. The summed E-state index contributed by atoms with van der Waals surface area (Å²) < 4.78 is 15.0. The molecule has 0 radical (unpaired) electrons. The molecule has 5 heteroatoms. The summed E-state index contributed by atoms with van der Waals surface area (Å²) in [4.78, 5) is 1.15. The Morgan fingerprint density at radius 2 is 1.88 bits per heavy atom. The van der Waals surface area contributed by atoms with Crippen LogP contribution < -0.4 is 0 Å². The highest BCUT2D eigenvalue weighted by Gasteiger charge is 2.17. The summed E-state index contributed by atoms with van der Waals surface area (Å²) in [5, 5.41) is 0. The van der Waals surface area contributed by atoms with Crippen LogP contribution in [0.25, 0.3) is 0 Å². The lowest BCUT2D eigenvalue weighted by molar-refractivity contribution is 0.619. The van der Waals surface area contributed by atoms with Gasteiger partial charge >= 0.3 is 0 Å². The van der Waals surface area contributed by atoms with E-state index in [0.29, 0.717) is 4.47 Å². The van der Waals surface area contributed by atoms with Crippen molar-refractivity contribution in [3.63, 3.8) is 0 Å². The van der Waals surface area contributed by atoms with Crippen molar-refractivity contribution in [2.24, 2.45) is 0 Å². The highest BCUT2D eigenvalue weighted by molar-refractivity contribution is 9.11. The molecule has 1 atom stereocenters. The Morgan fingerprint density at radius 1 is 1.12 bits per heavy atom. The Morgan fingerprint density at radius 3 is 2.50 bits per heavy atom. The summed E-state index contributed by atoms with van der Waals surface area (Å²) >= 11 is 11.9. The average molecular weight is 429 g/mol. The minimum absolute atomic E-state index is 0.00822. The first-order valence-electron chi connectivity index (χ1n) is 4.43. The maximum atomic E-state index is 13.4. The minimum atomic E-state index is -0.238. The summed E-state index contributed by atoms with van der Waals surface area (Å²) in [7, 11) is 0. The second-order valence-corrected chi connectivity index (χ2v) is 7.35. The molecule has 2 rings (SSSR count). The molecule has 0 aliphatic heterocycles. The van der Waals surface area contributed by atoms with Gasteiger partial charge in [0.25, 0.3) is 0 Å². The molecule has 0 amide bonds. The molecule has 0 bridgehead atoms. The highest BCUT2D eigenvalue weighted by atomic mass is 79.9. The van der Waals surface area contributed by atoms with Crippen molar-refractivity contribution < 1.29 is 4.39 Å². The second-order valence-electron chi connectivity index (χ2n) is 3.15. The van der Waals surface area contributed by atoms with Crippen LogP contribution in [0.5, 0.6) is 0 Å². The molecule has 0 aliphatic rings. The van der Waals surface area contributed by atoms with E-state index in [-0.39, 0.29) is 10.6 Å². The van der Waals surface area contributed by atoms with Gasteiger partial charge in [-0.05, 0) is 55.6 Å². The Balaban J connectivity index is 2.41. The quantitative estimate of drug-likeness (QED) is 0.522. The van der Waals surface area contributed by atoms with Crippen LogP contribution in [0.1, 0.15) is 15.3 Å².